The van der Waals surface area contributed by atoms with Crippen LogP contribution in [0.5, 0.6) is 28.7 Å². The van der Waals surface area contributed by atoms with Crippen LogP contribution in [0.25, 0.3) is 11.0 Å². The highest BCUT2D eigenvalue weighted by Gasteiger charge is 2.38. The van der Waals surface area contributed by atoms with Crippen molar-refractivity contribution in [1.82, 2.24) is 0 Å². The summed E-state index contributed by atoms with van der Waals surface area (Å²) in [5.41, 5.74) is 0.575. The normalized spacial score (nSPS) is 17.0. The third kappa shape index (κ3) is 2.52. The van der Waals surface area contributed by atoms with E-state index in [2.05, 4.69) is 0 Å². The molecule has 1 atom stereocenters. The highest BCUT2D eigenvalue weighted by atomic mass is 16.7. The van der Waals surface area contributed by atoms with Gasteiger partial charge in [0.25, 0.3) is 0 Å². The first-order chi connectivity index (χ1) is 14.1. The van der Waals surface area contributed by atoms with E-state index in [0.717, 1.165) is 0 Å². The van der Waals surface area contributed by atoms with Crippen molar-refractivity contribution in [3.8, 4) is 28.7 Å². The second kappa shape index (κ2) is 6.44. The second-order valence-corrected chi connectivity index (χ2v) is 6.63. The first-order valence-electron chi connectivity index (χ1n) is 8.93. The summed E-state index contributed by atoms with van der Waals surface area (Å²) in [6, 6.07) is 8.60. The van der Waals surface area contributed by atoms with E-state index in [0.29, 0.717) is 39.5 Å². The number of ether oxygens (including phenoxy) is 5. The summed E-state index contributed by atoms with van der Waals surface area (Å²) in [6.07, 6.45) is -0.0603. The number of carbonyl (C=O) groups excluding carboxylic acids is 1. The number of carbonyl (C=O) groups is 1. The summed E-state index contributed by atoms with van der Waals surface area (Å²) in [5.74, 6) is 0.652. The van der Waals surface area contributed by atoms with Crippen molar-refractivity contribution in [2.45, 2.75) is 12.3 Å². The van der Waals surface area contributed by atoms with Gasteiger partial charge in [0.05, 0.1) is 31.6 Å². The van der Waals surface area contributed by atoms with Crippen molar-refractivity contribution < 1.29 is 32.9 Å². The molecule has 29 heavy (non-hydrogen) atoms. The topological polar surface area (TPSA) is 93.4 Å². The average molecular weight is 396 g/mol. The van der Waals surface area contributed by atoms with Crippen molar-refractivity contribution in [1.29, 1.82) is 0 Å². The minimum absolute atomic E-state index is 0.0155. The molecule has 5 rings (SSSR count). The molecule has 2 aromatic carbocycles. The molecule has 148 valence electrons. The molecule has 8 nitrogen and oxygen atoms in total. The van der Waals surface area contributed by atoms with E-state index < -0.39 is 17.5 Å². The summed E-state index contributed by atoms with van der Waals surface area (Å²) in [6.45, 7) is 0.0155. The maximum Gasteiger partial charge on any atom is 0.343 e. The largest absolute Gasteiger partial charge is 0.493 e. The van der Waals surface area contributed by atoms with Gasteiger partial charge < -0.3 is 28.1 Å². The van der Waals surface area contributed by atoms with Gasteiger partial charge in [0, 0.05) is 11.5 Å². The summed E-state index contributed by atoms with van der Waals surface area (Å²) in [5, 5.41) is 0.548. The Morgan fingerprint density at radius 2 is 1.79 bits per heavy atom. The van der Waals surface area contributed by atoms with Crippen LogP contribution in [-0.2, 0) is 4.79 Å². The molecule has 0 saturated carbocycles. The Labute approximate surface area is 164 Å². The quantitative estimate of drug-likeness (QED) is 0.493. The molecule has 3 heterocycles. The Morgan fingerprint density at radius 3 is 2.59 bits per heavy atom. The number of hydrogen-bond donors (Lipinski definition) is 0. The Hall–Kier alpha value is -3.68. The van der Waals surface area contributed by atoms with Crippen LogP contribution in [0, 0.1) is 0 Å². The Morgan fingerprint density at radius 1 is 1.00 bits per heavy atom. The molecule has 0 fully saturated rings. The molecule has 0 amide bonds. The summed E-state index contributed by atoms with van der Waals surface area (Å²) < 4.78 is 33.0. The molecule has 0 unspecified atom stereocenters. The standard InChI is InChI=1S/C21H16O8/c1-24-14-7-12(18(25-2)20-19(14)26-9-27-20)11-8-15(22)29-17-10-5-3-4-6-13(10)28-21(23)16(11)17/h3-7,11H,8-9H2,1-2H3/t11-/m0/s1. The number of methoxy groups -OCH3 is 2. The maximum atomic E-state index is 12.9. The molecule has 1 aromatic heterocycles. The number of fused-ring (bicyclic) bond motifs is 4. The summed E-state index contributed by atoms with van der Waals surface area (Å²) >= 11 is 0. The zero-order valence-corrected chi connectivity index (χ0v) is 15.6. The van der Waals surface area contributed by atoms with Crippen LogP contribution in [0.15, 0.2) is 39.5 Å². The van der Waals surface area contributed by atoms with E-state index in [-0.39, 0.29) is 24.5 Å². The van der Waals surface area contributed by atoms with E-state index in [9.17, 15) is 9.59 Å². The number of para-hydroxylation sites is 1. The predicted molar refractivity (Wildman–Crippen MR) is 100 cm³/mol. The zero-order valence-electron chi connectivity index (χ0n) is 15.6. The van der Waals surface area contributed by atoms with E-state index in [1.807, 2.05) is 0 Å². The van der Waals surface area contributed by atoms with Gasteiger partial charge in [-0.3, -0.25) is 4.79 Å². The minimum Gasteiger partial charge on any atom is -0.493 e. The molecule has 0 saturated heterocycles. The SMILES string of the molecule is COc1cc([C@@H]2CC(=O)Oc3c2c(=O)oc2ccccc32)c(OC)c2c1OCO2. The molecule has 2 aliphatic rings. The van der Waals surface area contributed by atoms with Gasteiger partial charge in [0.2, 0.25) is 18.3 Å². The third-order valence-electron chi connectivity index (χ3n) is 5.13. The Bertz CT molecular complexity index is 1210. The molecular formula is C21H16O8. The summed E-state index contributed by atoms with van der Waals surface area (Å²) in [4.78, 5) is 25.3. The van der Waals surface area contributed by atoms with Crippen LogP contribution in [0.2, 0.25) is 0 Å². The van der Waals surface area contributed by atoms with Crippen molar-refractivity contribution in [2.75, 3.05) is 21.0 Å². The molecule has 0 bridgehead atoms. The van der Waals surface area contributed by atoms with Crippen molar-refractivity contribution in [2.24, 2.45) is 0 Å². The van der Waals surface area contributed by atoms with Gasteiger partial charge in [0.15, 0.2) is 17.2 Å². The van der Waals surface area contributed by atoms with Crippen molar-refractivity contribution in [3.63, 3.8) is 0 Å². The van der Waals surface area contributed by atoms with Crippen LogP contribution >= 0.6 is 0 Å². The van der Waals surface area contributed by atoms with Crippen molar-refractivity contribution >= 4 is 16.9 Å². The van der Waals surface area contributed by atoms with E-state index in [1.54, 1.807) is 30.3 Å². The van der Waals surface area contributed by atoms with E-state index in [1.165, 1.54) is 14.2 Å². The first kappa shape index (κ1) is 17.4. The lowest BCUT2D eigenvalue weighted by atomic mass is 9.85. The predicted octanol–water partition coefficient (Wildman–Crippen LogP) is 2.98. The number of esters is 1. The molecule has 3 aromatic rings. The Kier molecular flexibility index (Phi) is 3.87. The van der Waals surface area contributed by atoms with Crippen LogP contribution in [-0.4, -0.2) is 27.0 Å². The van der Waals surface area contributed by atoms with Gasteiger partial charge >= 0.3 is 11.6 Å². The number of benzene rings is 2. The molecule has 0 spiro atoms. The molecule has 0 N–H and O–H groups in total. The smallest absolute Gasteiger partial charge is 0.343 e. The monoisotopic (exact) mass is 396 g/mol. The maximum absolute atomic E-state index is 12.9. The molecule has 0 radical (unpaired) electrons. The van der Waals surface area contributed by atoms with Gasteiger partial charge in [-0.15, -0.1) is 0 Å². The molecular weight excluding hydrogens is 380 g/mol. The fraction of sp³-hybridized carbons (Fsp3) is 0.238. The van der Waals surface area contributed by atoms with Crippen LogP contribution in [0.3, 0.4) is 0 Å². The molecule has 2 aliphatic heterocycles. The average Bonchev–Trinajstić information content (AvgIpc) is 3.21. The lowest BCUT2D eigenvalue weighted by Crippen LogP contribution is -2.27. The van der Waals surface area contributed by atoms with Gasteiger partial charge in [-0.05, 0) is 18.2 Å². The number of hydrogen-bond acceptors (Lipinski definition) is 8. The Balaban J connectivity index is 1.81. The highest BCUT2D eigenvalue weighted by Crippen LogP contribution is 2.53. The van der Waals surface area contributed by atoms with E-state index >= 15 is 0 Å². The lowest BCUT2D eigenvalue weighted by Gasteiger charge is -2.26. The fourth-order valence-electron chi connectivity index (χ4n) is 3.89. The molecule has 8 heteroatoms. The fourth-order valence-corrected chi connectivity index (χ4v) is 3.89. The first-order valence-corrected chi connectivity index (χ1v) is 8.93. The van der Waals surface area contributed by atoms with Gasteiger partial charge in [0.1, 0.15) is 5.58 Å². The molecule has 0 aliphatic carbocycles. The van der Waals surface area contributed by atoms with Crippen LogP contribution in [0.4, 0.5) is 0 Å². The van der Waals surface area contributed by atoms with Crippen LogP contribution < -0.4 is 29.3 Å². The van der Waals surface area contributed by atoms with Gasteiger partial charge in [-0.1, -0.05) is 12.1 Å². The minimum atomic E-state index is -0.662. The third-order valence-corrected chi connectivity index (χ3v) is 5.13. The number of rotatable bonds is 3. The second-order valence-electron chi connectivity index (χ2n) is 6.63. The van der Waals surface area contributed by atoms with Crippen LogP contribution in [0.1, 0.15) is 23.5 Å². The summed E-state index contributed by atoms with van der Waals surface area (Å²) in [7, 11) is 2.98. The lowest BCUT2D eigenvalue weighted by molar-refractivity contribution is -0.135. The van der Waals surface area contributed by atoms with Gasteiger partial charge in [-0.2, -0.15) is 0 Å². The van der Waals surface area contributed by atoms with Crippen molar-refractivity contribution in [3.05, 3.63) is 51.9 Å². The van der Waals surface area contributed by atoms with Gasteiger partial charge in [-0.25, -0.2) is 4.79 Å². The van der Waals surface area contributed by atoms with E-state index in [4.69, 9.17) is 28.1 Å². The highest BCUT2D eigenvalue weighted by molar-refractivity contribution is 5.90. The zero-order chi connectivity index (χ0) is 20.1.